The molecule has 0 fully saturated rings. The first kappa shape index (κ1) is 20.8. The molecule has 0 heterocycles. The minimum atomic E-state index is -0.202. The maximum absolute atomic E-state index is 12.3. The van der Waals surface area contributed by atoms with E-state index in [1.807, 2.05) is 12.1 Å². The number of benzene rings is 2. The standard InChI is InChI=1S/C18H22N2O4.ClH/c1-22-9-10-24-17-11-15(7-8-16(17)23-2)20-18(21)14-5-3-13(12-19)4-6-14;/h3-8,11H,9-10,12,19H2,1-2H3,(H,20,21);1H. The highest BCUT2D eigenvalue weighted by atomic mass is 35.5. The Hall–Kier alpha value is -2.28. The van der Waals surface area contributed by atoms with E-state index >= 15 is 0 Å². The number of halogens is 1. The maximum atomic E-state index is 12.3. The van der Waals surface area contributed by atoms with Crippen molar-refractivity contribution in [3.8, 4) is 11.5 Å². The second kappa shape index (κ2) is 10.6. The molecule has 0 bridgehead atoms. The van der Waals surface area contributed by atoms with E-state index in [0.717, 1.165) is 5.56 Å². The highest BCUT2D eigenvalue weighted by Crippen LogP contribution is 2.30. The number of nitrogens with one attached hydrogen (secondary N) is 1. The molecule has 0 atom stereocenters. The van der Waals surface area contributed by atoms with Crippen molar-refractivity contribution in [3.05, 3.63) is 53.6 Å². The summed E-state index contributed by atoms with van der Waals surface area (Å²) in [5, 5.41) is 2.84. The van der Waals surface area contributed by atoms with Gasteiger partial charge in [-0.25, -0.2) is 0 Å². The van der Waals surface area contributed by atoms with Gasteiger partial charge in [0.25, 0.3) is 5.91 Å². The third kappa shape index (κ3) is 5.94. The molecule has 2 aromatic carbocycles. The fraction of sp³-hybridized carbons (Fsp3) is 0.278. The third-order valence-electron chi connectivity index (χ3n) is 3.42. The Balaban J connectivity index is 0.00000312. The van der Waals surface area contributed by atoms with Gasteiger partial charge in [-0.15, -0.1) is 12.4 Å². The first-order chi connectivity index (χ1) is 11.7. The van der Waals surface area contributed by atoms with Gasteiger partial charge in [0.05, 0.1) is 13.7 Å². The molecule has 2 rings (SSSR count). The quantitative estimate of drug-likeness (QED) is 0.702. The first-order valence-corrected chi connectivity index (χ1v) is 7.58. The van der Waals surface area contributed by atoms with Crippen LogP contribution in [0.2, 0.25) is 0 Å². The van der Waals surface area contributed by atoms with Crippen LogP contribution in [0.4, 0.5) is 5.69 Å². The van der Waals surface area contributed by atoms with Crippen LogP contribution in [-0.2, 0) is 11.3 Å². The van der Waals surface area contributed by atoms with E-state index in [2.05, 4.69) is 5.32 Å². The molecule has 25 heavy (non-hydrogen) atoms. The lowest BCUT2D eigenvalue weighted by Gasteiger charge is -2.13. The Kier molecular flexibility index (Phi) is 8.77. The van der Waals surface area contributed by atoms with Gasteiger partial charge in [0.2, 0.25) is 0 Å². The smallest absolute Gasteiger partial charge is 0.255 e. The molecule has 2 aromatic rings. The number of amides is 1. The highest BCUT2D eigenvalue weighted by molar-refractivity contribution is 6.04. The minimum Gasteiger partial charge on any atom is -0.493 e. The number of anilines is 1. The minimum absolute atomic E-state index is 0. The maximum Gasteiger partial charge on any atom is 0.255 e. The van der Waals surface area contributed by atoms with Crippen LogP contribution >= 0.6 is 12.4 Å². The van der Waals surface area contributed by atoms with Gasteiger partial charge in [-0.1, -0.05) is 12.1 Å². The average Bonchev–Trinajstić information content (AvgIpc) is 2.62. The summed E-state index contributed by atoms with van der Waals surface area (Å²) in [5.41, 5.74) is 7.72. The summed E-state index contributed by atoms with van der Waals surface area (Å²) in [5.74, 6) is 0.939. The van der Waals surface area contributed by atoms with E-state index in [1.165, 1.54) is 0 Å². The fourth-order valence-corrected chi connectivity index (χ4v) is 2.10. The topological polar surface area (TPSA) is 82.8 Å². The Morgan fingerprint density at radius 1 is 1.04 bits per heavy atom. The van der Waals surface area contributed by atoms with Gasteiger partial charge in [0, 0.05) is 31.0 Å². The summed E-state index contributed by atoms with van der Waals surface area (Å²) < 4.78 is 15.8. The van der Waals surface area contributed by atoms with Crippen LogP contribution in [0, 0.1) is 0 Å². The van der Waals surface area contributed by atoms with Crippen molar-refractivity contribution in [2.45, 2.75) is 6.54 Å². The van der Waals surface area contributed by atoms with Crippen molar-refractivity contribution in [1.82, 2.24) is 0 Å². The predicted molar refractivity (Wildman–Crippen MR) is 99.9 cm³/mol. The van der Waals surface area contributed by atoms with Crippen molar-refractivity contribution in [2.24, 2.45) is 5.73 Å². The molecular formula is C18H23ClN2O4. The summed E-state index contributed by atoms with van der Waals surface area (Å²) in [4.78, 5) is 12.3. The second-order valence-corrected chi connectivity index (χ2v) is 5.06. The molecular weight excluding hydrogens is 344 g/mol. The average molecular weight is 367 g/mol. The zero-order valence-corrected chi connectivity index (χ0v) is 15.1. The number of carbonyl (C=O) groups is 1. The Bertz CT molecular complexity index is 677. The largest absolute Gasteiger partial charge is 0.493 e. The summed E-state index contributed by atoms with van der Waals surface area (Å²) in [6.45, 7) is 1.31. The number of rotatable bonds is 8. The molecule has 0 aliphatic carbocycles. The molecule has 3 N–H and O–H groups in total. The van der Waals surface area contributed by atoms with Gasteiger partial charge in [-0.3, -0.25) is 4.79 Å². The van der Waals surface area contributed by atoms with E-state index in [9.17, 15) is 4.79 Å². The molecule has 0 saturated heterocycles. The first-order valence-electron chi connectivity index (χ1n) is 7.58. The Morgan fingerprint density at radius 2 is 1.76 bits per heavy atom. The van der Waals surface area contributed by atoms with Crippen molar-refractivity contribution >= 4 is 24.0 Å². The fourth-order valence-electron chi connectivity index (χ4n) is 2.10. The van der Waals surface area contributed by atoms with Gasteiger partial charge >= 0.3 is 0 Å². The van der Waals surface area contributed by atoms with Crippen LogP contribution in [0.25, 0.3) is 0 Å². The Labute approximate surface area is 153 Å². The van der Waals surface area contributed by atoms with Gasteiger partial charge in [-0.2, -0.15) is 0 Å². The number of nitrogens with two attached hydrogens (primary N) is 1. The summed E-state index contributed by atoms with van der Waals surface area (Å²) in [6.07, 6.45) is 0. The van der Waals surface area contributed by atoms with Gasteiger partial charge in [-0.05, 0) is 29.8 Å². The van der Waals surface area contributed by atoms with Crippen molar-refractivity contribution in [3.63, 3.8) is 0 Å². The number of carbonyl (C=O) groups excluding carboxylic acids is 1. The molecule has 6 nitrogen and oxygen atoms in total. The van der Waals surface area contributed by atoms with E-state index in [-0.39, 0.29) is 18.3 Å². The molecule has 0 saturated carbocycles. The van der Waals surface area contributed by atoms with Gasteiger partial charge < -0.3 is 25.3 Å². The molecule has 0 radical (unpaired) electrons. The summed E-state index contributed by atoms with van der Waals surface area (Å²) in [6, 6.07) is 12.4. The molecule has 0 aliphatic heterocycles. The predicted octanol–water partition coefficient (Wildman–Crippen LogP) is 2.85. The molecule has 0 unspecified atom stereocenters. The van der Waals surface area contributed by atoms with E-state index < -0.39 is 0 Å². The van der Waals surface area contributed by atoms with Crippen molar-refractivity contribution in [1.29, 1.82) is 0 Å². The monoisotopic (exact) mass is 366 g/mol. The molecule has 1 amide bonds. The summed E-state index contributed by atoms with van der Waals surface area (Å²) in [7, 11) is 3.17. The SMILES string of the molecule is COCCOc1cc(NC(=O)c2ccc(CN)cc2)ccc1OC.Cl. The van der Waals surface area contributed by atoms with Crippen molar-refractivity contribution < 1.29 is 19.0 Å². The second-order valence-electron chi connectivity index (χ2n) is 5.06. The number of hydrogen-bond acceptors (Lipinski definition) is 5. The van der Waals surface area contributed by atoms with E-state index in [0.29, 0.717) is 42.5 Å². The lowest BCUT2D eigenvalue weighted by atomic mass is 10.1. The van der Waals surface area contributed by atoms with Crippen LogP contribution in [0.15, 0.2) is 42.5 Å². The normalized spacial score (nSPS) is 9.88. The van der Waals surface area contributed by atoms with Gasteiger partial charge in [0.1, 0.15) is 6.61 Å². The number of methoxy groups -OCH3 is 2. The van der Waals surface area contributed by atoms with Crippen LogP contribution in [-0.4, -0.2) is 33.3 Å². The molecule has 136 valence electrons. The van der Waals surface area contributed by atoms with Crippen LogP contribution in [0.1, 0.15) is 15.9 Å². The van der Waals surface area contributed by atoms with Crippen LogP contribution < -0.4 is 20.5 Å². The number of ether oxygens (including phenoxy) is 3. The van der Waals surface area contributed by atoms with Crippen molar-refractivity contribution in [2.75, 3.05) is 32.8 Å². The summed E-state index contributed by atoms with van der Waals surface area (Å²) >= 11 is 0. The number of hydrogen-bond donors (Lipinski definition) is 2. The lowest BCUT2D eigenvalue weighted by Crippen LogP contribution is -2.12. The van der Waals surface area contributed by atoms with E-state index in [4.69, 9.17) is 19.9 Å². The Morgan fingerprint density at radius 3 is 2.36 bits per heavy atom. The lowest BCUT2D eigenvalue weighted by molar-refractivity contribution is 0.102. The molecule has 0 aliphatic rings. The van der Waals surface area contributed by atoms with Gasteiger partial charge in [0.15, 0.2) is 11.5 Å². The van der Waals surface area contributed by atoms with E-state index in [1.54, 1.807) is 44.6 Å². The zero-order chi connectivity index (χ0) is 17.4. The molecule has 7 heteroatoms. The van der Waals surface area contributed by atoms with Crippen LogP contribution in [0.3, 0.4) is 0 Å². The molecule has 0 spiro atoms. The zero-order valence-electron chi connectivity index (χ0n) is 14.3. The molecule has 0 aromatic heterocycles. The van der Waals surface area contributed by atoms with Crippen LogP contribution in [0.5, 0.6) is 11.5 Å². The highest BCUT2D eigenvalue weighted by Gasteiger charge is 2.10. The third-order valence-corrected chi connectivity index (χ3v) is 3.42.